The summed E-state index contributed by atoms with van der Waals surface area (Å²) in [5, 5.41) is 2.85. The average Bonchev–Trinajstić information content (AvgIpc) is 2.32. The normalized spacial score (nSPS) is 40.2. The lowest BCUT2D eigenvalue weighted by Gasteiger charge is -2.46. The van der Waals surface area contributed by atoms with E-state index >= 15 is 0 Å². The molecule has 0 aromatic heterocycles. The van der Waals surface area contributed by atoms with Gasteiger partial charge in [-0.05, 0) is 44.4 Å². The molecule has 2 amide bonds. The second kappa shape index (κ2) is 5.14. The molecule has 0 aromatic rings. The Hall–Kier alpha value is -1.06. The Labute approximate surface area is 115 Å². The van der Waals surface area contributed by atoms with Gasteiger partial charge < -0.3 is 10.2 Å². The molecule has 1 saturated heterocycles. The highest BCUT2D eigenvalue weighted by Crippen LogP contribution is 2.33. The molecule has 1 N–H and O–H groups in total. The van der Waals surface area contributed by atoms with E-state index in [1.165, 1.54) is 6.42 Å². The van der Waals surface area contributed by atoms with Crippen LogP contribution in [0.4, 0.5) is 0 Å². The van der Waals surface area contributed by atoms with Gasteiger partial charge in [0.1, 0.15) is 5.54 Å². The first-order chi connectivity index (χ1) is 8.85. The van der Waals surface area contributed by atoms with Crippen LogP contribution in [0.25, 0.3) is 0 Å². The zero-order valence-corrected chi connectivity index (χ0v) is 12.5. The molecule has 2 rings (SSSR count). The third-order valence-corrected chi connectivity index (χ3v) is 4.76. The van der Waals surface area contributed by atoms with Crippen LogP contribution < -0.4 is 5.32 Å². The standard InChI is InChI=1S/C15H26N2O2/c1-5-15(4)14(19)17(9-13(18)16-15)12-7-10(2)6-11(3)8-12/h10-12H,5-9H2,1-4H3,(H,16,18). The molecule has 2 aliphatic rings. The number of nitrogens with one attached hydrogen (secondary N) is 1. The molecule has 1 aliphatic heterocycles. The largest absolute Gasteiger partial charge is 0.340 e. The minimum absolute atomic E-state index is 0.0187. The predicted molar refractivity (Wildman–Crippen MR) is 74.5 cm³/mol. The number of carbonyl (C=O) groups excluding carboxylic acids is 2. The van der Waals surface area contributed by atoms with Crippen molar-refractivity contribution in [3.63, 3.8) is 0 Å². The molecule has 19 heavy (non-hydrogen) atoms. The number of rotatable bonds is 2. The number of piperazine rings is 1. The van der Waals surface area contributed by atoms with Crippen molar-refractivity contribution in [1.82, 2.24) is 10.2 Å². The molecular formula is C15H26N2O2. The Morgan fingerprint density at radius 2 is 1.79 bits per heavy atom. The van der Waals surface area contributed by atoms with E-state index in [0.717, 1.165) is 12.8 Å². The first-order valence-corrected chi connectivity index (χ1v) is 7.47. The Kier molecular flexibility index (Phi) is 3.88. The highest BCUT2D eigenvalue weighted by atomic mass is 16.2. The summed E-state index contributed by atoms with van der Waals surface area (Å²) in [6.45, 7) is 8.52. The van der Waals surface area contributed by atoms with Crippen LogP contribution in [-0.2, 0) is 9.59 Å². The summed E-state index contributed by atoms with van der Waals surface area (Å²) in [6.07, 6.45) is 3.94. The molecule has 0 radical (unpaired) electrons. The Balaban J connectivity index is 2.18. The van der Waals surface area contributed by atoms with Crippen LogP contribution in [0.3, 0.4) is 0 Å². The Morgan fingerprint density at radius 1 is 1.21 bits per heavy atom. The summed E-state index contributed by atoms with van der Waals surface area (Å²) >= 11 is 0. The summed E-state index contributed by atoms with van der Waals surface area (Å²) in [6, 6.07) is 0.239. The maximum Gasteiger partial charge on any atom is 0.248 e. The minimum Gasteiger partial charge on any atom is -0.340 e. The molecular weight excluding hydrogens is 240 g/mol. The van der Waals surface area contributed by atoms with Gasteiger partial charge in [0.2, 0.25) is 11.8 Å². The monoisotopic (exact) mass is 266 g/mol. The molecule has 1 saturated carbocycles. The smallest absolute Gasteiger partial charge is 0.248 e. The fourth-order valence-corrected chi connectivity index (χ4v) is 3.64. The van der Waals surface area contributed by atoms with Gasteiger partial charge in [0.05, 0.1) is 6.54 Å². The number of carbonyl (C=O) groups is 2. The zero-order chi connectivity index (χ0) is 14.2. The van der Waals surface area contributed by atoms with Gasteiger partial charge in [-0.25, -0.2) is 0 Å². The van der Waals surface area contributed by atoms with Crippen LogP contribution in [0.5, 0.6) is 0 Å². The quantitative estimate of drug-likeness (QED) is 0.830. The van der Waals surface area contributed by atoms with Gasteiger partial charge in [0.25, 0.3) is 0 Å². The van der Waals surface area contributed by atoms with Crippen molar-refractivity contribution in [1.29, 1.82) is 0 Å². The number of amides is 2. The molecule has 1 heterocycles. The third kappa shape index (κ3) is 2.77. The van der Waals surface area contributed by atoms with E-state index in [2.05, 4.69) is 19.2 Å². The molecule has 108 valence electrons. The minimum atomic E-state index is -0.709. The molecule has 0 spiro atoms. The molecule has 4 heteroatoms. The second-order valence-corrected chi connectivity index (χ2v) is 6.74. The van der Waals surface area contributed by atoms with E-state index in [1.807, 2.05) is 18.7 Å². The first-order valence-electron chi connectivity index (χ1n) is 7.47. The van der Waals surface area contributed by atoms with E-state index < -0.39 is 5.54 Å². The lowest BCUT2D eigenvalue weighted by atomic mass is 9.79. The van der Waals surface area contributed by atoms with E-state index in [9.17, 15) is 9.59 Å². The lowest BCUT2D eigenvalue weighted by Crippen LogP contribution is -2.67. The third-order valence-electron chi connectivity index (χ3n) is 4.76. The maximum absolute atomic E-state index is 12.6. The average molecular weight is 266 g/mol. The van der Waals surface area contributed by atoms with Crippen LogP contribution >= 0.6 is 0 Å². The molecule has 2 fully saturated rings. The van der Waals surface area contributed by atoms with E-state index in [1.54, 1.807) is 0 Å². The van der Waals surface area contributed by atoms with Crippen molar-refractivity contribution in [3.8, 4) is 0 Å². The lowest BCUT2D eigenvalue weighted by molar-refractivity contribution is -0.153. The van der Waals surface area contributed by atoms with Crippen LogP contribution in [0.1, 0.15) is 53.4 Å². The Bertz CT molecular complexity index is 372. The second-order valence-electron chi connectivity index (χ2n) is 6.74. The summed E-state index contributed by atoms with van der Waals surface area (Å²) in [7, 11) is 0. The van der Waals surface area contributed by atoms with E-state index in [-0.39, 0.29) is 24.4 Å². The SMILES string of the molecule is CCC1(C)NC(=O)CN(C2CC(C)CC(C)C2)C1=O. The van der Waals surface area contributed by atoms with Crippen molar-refractivity contribution < 1.29 is 9.59 Å². The molecule has 4 nitrogen and oxygen atoms in total. The van der Waals surface area contributed by atoms with Gasteiger partial charge in [0, 0.05) is 6.04 Å². The van der Waals surface area contributed by atoms with Crippen molar-refractivity contribution in [2.45, 2.75) is 65.0 Å². The van der Waals surface area contributed by atoms with Crippen molar-refractivity contribution in [3.05, 3.63) is 0 Å². The molecule has 3 atom stereocenters. The maximum atomic E-state index is 12.6. The topological polar surface area (TPSA) is 49.4 Å². The first kappa shape index (κ1) is 14.4. The van der Waals surface area contributed by atoms with Gasteiger partial charge in [-0.2, -0.15) is 0 Å². The van der Waals surface area contributed by atoms with Gasteiger partial charge in [0.15, 0.2) is 0 Å². The van der Waals surface area contributed by atoms with Gasteiger partial charge >= 0.3 is 0 Å². The van der Waals surface area contributed by atoms with Gasteiger partial charge in [-0.15, -0.1) is 0 Å². The molecule has 3 unspecified atom stereocenters. The Morgan fingerprint density at radius 3 is 2.32 bits per heavy atom. The van der Waals surface area contributed by atoms with Crippen LogP contribution in [-0.4, -0.2) is 34.8 Å². The number of nitrogens with zero attached hydrogens (tertiary/aromatic N) is 1. The molecule has 0 aromatic carbocycles. The fraction of sp³-hybridized carbons (Fsp3) is 0.867. The highest BCUT2D eigenvalue weighted by Gasteiger charge is 2.44. The summed E-state index contributed by atoms with van der Waals surface area (Å²) in [4.78, 5) is 26.4. The van der Waals surface area contributed by atoms with Crippen molar-refractivity contribution in [2.75, 3.05) is 6.54 Å². The fourth-order valence-electron chi connectivity index (χ4n) is 3.64. The van der Waals surface area contributed by atoms with Crippen LogP contribution in [0.15, 0.2) is 0 Å². The van der Waals surface area contributed by atoms with Gasteiger partial charge in [-0.3, -0.25) is 9.59 Å². The zero-order valence-electron chi connectivity index (χ0n) is 12.5. The summed E-state index contributed by atoms with van der Waals surface area (Å²) < 4.78 is 0. The number of hydrogen-bond donors (Lipinski definition) is 1. The molecule has 1 aliphatic carbocycles. The van der Waals surface area contributed by atoms with Crippen LogP contribution in [0.2, 0.25) is 0 Å². The van der Waals surface area contributed by atoms with Gasteiger partial charge in [-0.1, -0.05) is 20.8 Å². The molecule has 0 bridgehead atoms. The summed E-state index contributed by atoms with van der Waals surface area (Å²) in [5.41, 5.74) is -0.709. The predicted octanol–water partition coefficient (Wildman–Crippen LogP) is 1.94. The van der Waals surface area contributed by atoms with Crippen LogP contribution in [0, 0.1) is 11.8 Å². The number of hydrogen-bond acceptors (Lipinski definition) is 2. The van der Waals surface area contributed by atoms with E-state index in [0.29, 0.717) is 18.3 Å². The van der Waals surface area contributed by atoms with Crippen molar-refractivity contribution in [2.24, 2.45) is 11.8 Å². The summed E-state index contributed by atoms with van der Waals surface area (Å²) in [5.74, 6) is 1.36. The van der Waals surface area contributed by atoms with E-state index in [4.69, 9.17) is 0 Å². The van der Waals surface area contributed by atoms with Crippen molar-refractivity contribution >= 4 is 11.8 Å². The highest BCUT2D eigenvalue weighted by molar-refractivity contribution is 5.97.